The van der Waals surface area contributed by atoms with E-state index in [-0.39, 0.29) is 0 Å². The molecule has 5 nitrogen and oxygen atoms in total. The fourth-order valence-electron chi connectivity index (χ4n) is 1.73. The van der Waals surface area contributed by atoms with E-state index in [0.29, 0.717) is 30.4 Å². The van der Waals surface area contributed by atoms with Gasteiger partial charge in [0.1, 0.15) is 4.21 Å². The number of nitrogens with one attached hydrogen (secondary N) is 1. The third-order valence-electron chi connectivity index (χ3n) is 2.70. The Bertz CT molecular complexity index is 489. The zero-order valence-corrected chi connectivity index (χ0v) is 11.2. The normalized spacial score (nSPS) is 25.3. The summed E-state index contributed by atoms with van der Waals surface area (Å²) in [6.45, 7) is 3.23. The van der Waals surface area contributed by atoms with Crippen LogP contribution in [0.5, 0.6) is 0 Å². The van der Waals surface area contributed by atoms with E-state index in [1.165, 1.54) is 11.3 Å². The van der Waals surface area contributed by atoms with E-state index in [0.717, 1.165) is 4.88 Å². The predicted octanol–water partition coefficient (Wildman–Crippen LogP) is 0.664. The summed E-state index contributed by atoms with van der Waals surface area (Å²) in [5.41, 5.74) is 4.98. The number of ether oxygens (including phenoxy) is 1. The molecule has 17 heavy (non-hydrogen) atoms. The van der Waals surface area contributed by atoms with Crippen LogP contribution in [-0.4, -0.2) is 27.2 Å². The lowest BCUT2D eigenvalue weighted by molar-refractivity contribution is 0.178. The second-order valence-corrected chi connectivity index (χ2v) is 7.47. The van der Waals surface area contributed by atoms with Gasteiger partial charge in [0.05, 0.1) is 12.1 Å². The highest BCUT2D eigenvalue weighted by Crippen LogP contribution is 2.25. The monoisotopic (exact) mass is 276 g/mol. The molecular weight excluding hydrogens is 260 g/mol. The van der Waals surface area contributed by atoms with Crippen molar-refractivity contribution in [2.75, 3.05) is 13.2 Å². The molecule has 2 rings (SSSR count). The van der Waals surface area contributed by atoms with Crippen molar-refractivity contribution < 1.29 is 13.2 Å². The molecule has 0 radical (unpaired) electrons. The van der Waals surface area contributed by atoms with Crippen LogP contribution < -0.4 is 10.5 Å². The SMILES string of the molecule is CC1(NS(=O)(=O)c2ccc(CN)s2)CCOC1. The fourth-order valence-corrected chi connectivity index (χ4v) is 4.39. The minimum atomic E-state index is -3.46. The molecule has 1 saturated heterocycles. The quantitative estimate of drug-likeness (QED) is 0.846. The van der Waals surface area contributed by atoms with Crippen molar-refractivity contribution in [3.63, 3.8) is 0 Å². The van der Waals surface area contributed by atoms with E-state index in [1.54, 1.807) is 12.1 Å². The number of nitrogens with two attached hydrogens (primary N) is 1. The van der Waals surface area contributed by atoms with Crippen LogP contribution in [0, 0.1) is 0 Å². The first-order valence-corrected chi connectivity index (χ1v) is 7.66. The van der Waals surface area contributed by atoms with Crippen LogP contribution in [0.15, 0.2) is 16.3 Å². The van der Waals surface area contributed by atoms with E-state index < -0.39 is 15.6 Å². The molecule has 0 aliphatic carbocycles. The lowest BCUT2D eigenvalue weighted by Gasteiger charge is -2.22. The molecule has 1 aliphatic heterocycles. The molecular formula is C10H16N2O3S2. The zero-order valence-electron chi connectivity index (χ0n) is 9.60. The van der Waals surface area contributed by atoms with Gasteiger partial charge in [-0.2, -0.15) is 0 Å². The van der Waals surface area contributed by atoms with Gasteiger partial charge in [-0.05, 0) is 25.5 Å². The zero-order chi connectivity index (χ0) is 12.5. The molecule has 1 unspecified atom stereocenters. The van der Waals surface area contributed by atoms with E-state index in [4.69, 9.17) is 10.5 Å². The molecule has 96 valence electrons. The molecule has 1 fully saturated rings. The van der Waals surface area contributed by atoms with Crippen molar-refractivity contribution in [2.24, 2.45) is 5.73 Å². The highest BCUT2D eigenvalue weighted by molar-refractivity contribution is 7.91. The highest BCUT2D eigenvalue weighted by Gasteiger charge is 2.35. The number of thiophene rings is 1. The molecule has 1 aromatic heterocycles. The first kappa shape index (κ1) is 13.0. The van der Waals surface area contributed by atoms with Gasteiger partial charge < -0.3 is 10.5 Å². The minimum Gasteiger partial charge on any atom is -0.379 e. The van der Waals surface area contributed by atoms with Gasteiger partial charge in [0.15, 0.2) is 0 Å². The Hall–Kier alpha value is -0.470. The van der Waals surface area contributed by atoms with Gasteiger partial charge in [-0.15, -0.1) is 11.3 Å². The fraction of sp³-hybridized carbons (Fsp3) is 0.600. The summed E-state index contributed by atoms with van der Waals surface area (Å²) in [5.74, 6) is 0. The maximum absolute atomic E-state index is 12.1. The van der Waals surface area contributed by atoms with E-state index in [9.17, 15) is 8.42 Å². The second kappa shape index (κ2) is 4.66. The smallest absolute Gasteiger partial charge is 0.250 e. The molecule has 0 aromatic carbocycles. The first-order valence-electron chi connectivity index (χ1n) is 5.36. The van der Waals surface area contributed by atoms with Crippen LogP contribution in [0.25, 0.3) is 0 Å². The Labute approximate surface area is 105 Å². The summed E-state index contributed by atoms with van der Waals surface area (Å²) in [4.78, 5) is 0.859. The van der Waals surface area contributed by atoms with Crippen molar-refractivity contribution in [2.45, 2.75) is 29.6 Å². The first-order chi connectivity index (χ1) is 7.95. The summed E-state index contributed by atoms with van der Waals surface area (Å²) in [6.07, 6.45) is 0.696. The molecule has 0 bridgehead atoms. The Kier molecular flexibility index (Phi) is 3.55. The van der Waals surface area contributed by atoms with Crippen LogP contribution in [0.4, 0.5) is 0 Å². The van der Waals surface area contributed by atoms with Gasteiger partial charge in [0, 0.05) is 18.0 Å². The summed E-state index contributed by atoms with van der Waals surface area (Å²) in [7, 11) is -3.46. The number of hydrogen-bond acceptors (Lipinski definition) is 5. The third kappa shape index (κ3) is 2.86. The Balaban J connectivity index is 2.18. The van der Waals surface area contributed by atoms with Crippen molar-refractivity contribution in [3.05, 3.63) is 17.0 Å². The summed E-state index contributed by atoms with van der Waals surface area (Å²) >= 11 is 1.21. The Morgan fingerprint density at radius 1 is 1.59 bits per heavy atom. The lowest BCUT2D eigenvalue weighted by Crippen LogP contribution is -2.46. The molecule has 0 amide bonds. The van der Waals surface area contributed by atoms with Gasteiger partial charge in [0.2, 0.25) is 0 Å². The van der Waals surface area contributed by atoms with Crippen LogP contribution in [0.2, 0.25) is 0 Å². The van der Waals surface area contributed by atoms with Crippen LogP contribution in [-0.2, 0) is 21.3 Å². The number of hydrogen-bond donors (Lipinski definition) is 2. The molecule has 7 heteroatoms. The number of sulfonamides is 1. The molecule has 3 N–H and O–H groups in total. The van der Waals surface area contributed by atoms with Crippen molar-refractivity contribution in [1.82, 2.24) is 4.72 Å². The Morgan fingerprint density at radius 3 is 2.88 bits per heavy atom. The van der Waals surface area contributed by atoms with Crippen LogP contribution >= 0.6 is 11.3 Å². The second-order valence-electron chi connectivity index (χ2n) is 4.39. The van der Waals surface area contributed by atoms with Crippen molar-refractivity contribution in [3.8, 4) is 0 Å². The van der Waals surface area contributed by atoms with Crippen LogP contribution in [0.3, 0.4) is 0 Å². The maximum atomic E-state index is 12.1. The highest BCUT2D eigenvalue weighted by atomic mass is 32.2. The molecule has 1 aliphatic rings. The maximum Gasteiger partial charge on any atom is 0.250 e. The lowest BCUT2D eigenvalue weighted by atomic mass is 10.0. The molecule has 0 spiro atoms. The van der Waals surface area contributed by atoms with Gasteiger partial charge >= 0.3 is 0 Å². The topological polar surface area (TPSA) is 81.4 Å². The summed E-state index contributed by atoms with van der Waals surface area (Å²) in [6, 6.07) is 3.33. The van der Waals surface area contributed by atoms with Crippen molar-refractivity contribution in [1.29, 1.82) is 0 Å². The molecule has 2 heterocycles. The van der Waals surface area contributed by atoms with Gasteiger partial charge in [-0.3, -0.25) is 0 Å². The minimum absolute atomic E-state index is 0.311. The van der Waals surface area contributed by atoms with E-state index >= 15 is 0 Å². The average molecular weight is 276 g/mol. The Morgan fingerprint density at radius 2 is 2.35 bits per heavy atom. The third-order valence-corrected chi connectivity index (χ3v) is 5.94. The molecule has 0 saturated carbocycles. The predicted molar refractivity (Wildman–Crippen MR) is 66.4 cm³/mol. The number of rotatable bonds is 4. The molecule has 1 atom stereocenters. The van der Waals surface area contributed by atoms with E-state index in [1.807, 2.05) is 6.92 Å². The average Bonchev–Trinajstić information content (AvgIpc) is 2.85. The van der Waals surface area contributed by atoms with E-state index in [2.05, 4.69) is 4.72 Å². The summed E-state index contributed by atoms with van der Waals surface area (Å²) < 4.78 is 32.5. The van der Waals surface area contributed by atoms with Gasteiger partial charge in [0.25, 0.3) is 10.0 Å². The molecule has 1 aromatic rings. The van der Waals surface area contributed by atoms with Gasteiger partial charge in [-0.25, -0.2) is 13.1 Å². The standard InChI is InChI=1S/C10H16N2O3S2/c1-10(4-5-15-7-10)12-17(13,14)9-3-2-8(6-11)16-9/h2-3,12H,4-7,11H2,1H3. The summed E-state index contributed by atoms with van der Waals surface area (Å²) in [5, 5.41) is 0. The van der Waals surface area contributed by atoms with Crippen molar-refractivity contribution >= 4 is 21.4 Å². The van der Waals surface area contributed by atoms with Gasteiger partial charge in [-0.1, -0.05) is 0 Å². The largest absolute Gasteiger partial charge is 0.379 e. The van der Waals surface area contributed by atoms with Crippen LogP contribution in [0.1, 0.15) is 18.2 Å².